The summed E-state index contributed by atoms with van der Waals surface area (Å²) in [6, 6.07) is 5.99. The van der Waals surface area contributed by atoms with E-state index in [-0.39, 0.29) is 36.7 Å². The molecule has 158 valence electrons. The molecule has 0 bridgehead atoms. The fraction of sp³-hybridized carbons (Fsp3) is 0.565. The molecule has 2 unspecified atom stereocenters. The summed E-state index contributed by atoms with van der Waals surface area (Å²) in [6.45, 7) is 13.6. The summed E-state index contributed by atoms with van der Waals surface area (Å²) in [4.78, 5) is 30.1. The molecular formula is C23H32N2O4. The van der Waals surface area contributed by atoms with Gasteiger partial charge in [0.1, 0.15) is 5.70 Å². The van der Waals surface area contributed by atoms with Crippen molar-refractivity contribution in [3.8, 4) is 0 Å². The SMILES string of the molecule is Cc1ccc(C2=C(N3CC(C)OC(C)C3)C(=O)N(CCOC(C)C)C2=O)c(C)c1. The molecule has 6 heteroatoms. The van der Waals surface area contributed by atoms with Crippen molar-refractivity contribution in [3.05, 3.63) is 40.6 Å². The third-order valence-electron chi connectivity index (χ3n) is 5.30. The monoisotopic (exact) mass is 400 g/mol. The van der Waals surface area contributed by atoms with Crippen molar-refractivity contribution < 1.29 is 19.1 Å². The quantitative estimate of drug-likeness (QED) is 0.687. The second-order valence-corrected chi connectivity index (χ2v) is 8.39. The van der Waals surface area contributed by atoms with Crippen LogP contribution in [0.3, 0.4) is 0 Å². The van der Waals surface area contributed by atoms with Crippen LogP contribution in [-0.2, 0) is 19.1 Å². The molecule has 29 heavy (non-hydrogen) atoms. The van der Waals surface area contributed by atoms with Gasteiger partial charge in [0, 0.05) is 13.1 Å². The van der Waals surface area contributed by atoms with Crippen molar-refractivity contribution >= 4 is 17.4 Å². The number of hydrogen-bond acceptors (Lipinski definition) is 5. The number of benzene rings is 1. The van der Waals surface area contributed by atoms with Crippen molar-refractivity contribution in [2.45, 2.75) is 59.9 Å². The lowest BCUT2D eigenvalue weighted by atomic mass is 9.97. The van der Waals surface area contributed by atoms with Gasteiger partial charge in [-0.25, -0.2) is 0 Å². The predicted octanol–water partition coefficient (Wildman–Crippen LogP) is 2.92. The highest BCUT2D eigenvalue weighted by Crippen LogP contribution is 2.34. The van der Waals surface area contributed by atoms with Crippen molar-refractivity contribution in [1.29, 1.82) is 0 Å². The minimum absolute atomic E-state index is 0.00663. The Bertz CT molecular complexity index is 820. The van der Waals surface area contributed by atoms with Gasteiger partial charge < -0.3 is 14.4 Å². The fourth-order valence-electron chi connectivity index (χ4n) is 4.14. The average molecular weight is 401 g/mol. The Morgan fingerprint density at radius 1 is 1.10 bits per heavy atom. The second kappa shape index (κ2) is 8.67. The molecule has 2 aliphatic heterocycles. The van der Waals surface area contributed by atoms with Crippen LogP contribution in [0.4, 0.5) is 0 Å². The highest BCUT2D eigenvalue weighted by atomic mass is 16.5. The van der Waals surface area contributed by atoms with Crippen LogP contribution in [0, 0.1) is 13.8 Å². The lowest BCUT2D eigenvalue weighted by Crippen LogP contribution is -2.47. The second-order valence-electron chi connectivity index (χ2n) is 8.39. The minimum Gasteiger partial charge on any atom is -0.377 e. The van der Waals surface area contributed by atoms with Gasteiger partial charge >= 0.3 is 0 Å². The summed E-state index contributed by atoms with van der Waals surface area (Å²) in [5.74, 6) is -0.477. The highest BCUT2D eigenvalue weighted by Gasteiger charge is 2.43. The Hall–Kier alpha value is -2.18. The number of nitrogens with zero attached hydrogens (tertiary/aromatic N) is 2. The third-order valence-corrected chi connectivity index (χ3v) is 5.30. The van der Waals surface area contributed by atoms with E-state index in [1.165, 1.54) is 4.90 Å². The topological polar surface area (TPSA) is 59.1 Å². The van der Waals surface area contributed by atoms with Crippen LogP contribution in [-0.4, -0.2) is 66.2 Å². The Morgan fingerprint density at radius 3 is 2.34 bits per heavy atom. The fourth-order valence-corrected chi connectivity index (χ4v) is 4.14. The molecule has 2 aliphatic rings. The number of hydrogen-bond donors (Lipinski definition) is 0. The van der Waals surface area contributed by atoms with E-state index in [4.69, 9.17) is 9.47 Å². The molecule has 1 aromatic rings. The van der Waals surface area contributed by atoms with E-state index in [1.54, 1.807) is 0 Å². The Balaban J connectivity index is 2.02. The predicted molar refractivity (Wildman–Crippen MR) is 112 cm³/mol. The van der Waals surface area contributed by atoms with Gasteiger partial charge in [-0.05, 0) is 52.7 Å². The first-order valence-electron chi connectivity index (χ1n) is 10.4. The van der Waals surface area contributed by atoms with Crippen LogP contribution >= 0.6 is 0 Å². The van der Waals surface area contributed by atoms with E-state index in [1.807, 2.05) is 64.6 Å². The summed E-state index contributed by atoms with van der Waals surface area (Å²) in [5.41, 5.74) is 3.93. The molecule has 3 rings (SSSR count). The number of morpholine rings is 1. The zero-order valence-electron chi connectivity index (χ0n) is 18.3. The summed E-state index contributed by atoms with van der Waals surface area (Å²) < 4.78 is 11.4. The van der Waals surface area contributed by atoms with Crippen molar-refractivity contribution in [2.75, 3.05) is 26.2 Å². The Labute approximate surface area is 173 Å². The highest BCUT2D eigenvalue weighted by molar-refractivity contribution is 6.35. The van der Waals surface area contributed by atoms with Gasteiger partial charge in [0.2, 0.25) is 0 Å². The van der Waals surface area contributed by atoms with Crippen LogP contribution in [0.25, 0.3) is 5.57 Å². The number of carbonyl (C=O) groups excluding carboxylic acids is 2. The molecular weight excluding hydrogens is 368 g/mol. The third kappa shape index (κ3) is 4.54. The summed E-state index contributed by atoms with van der Waals surface area (Å²) >= 11 is 0. The summed E-state index contributed by atoms with van der Waals surface area (Å²) in [5, 5.41) is 0. The molecule has 2 heterocycles. The Kier molecular flexibility index (Phi) is 6.44. The molecule has 1 saturated heterocycles. The van der Waals surface area contributed by atoms with Gasteiger partial charge in [0.25, 0.3) is 11.8 Å². The standard InChI is InChI=1S/C23H32N2O4/c1-14(2)28-10-9-25-22(26)20(19-8-7-15(3)11-16(19)4)21(23(25)27)24-12-17(5)29-18(6)13-24/h7-8,11,14,17-18H,9-10,12-13H2,1-6H3. The average Bonchev–Trinajstić information content (AvgIpc) is 2.85. The van der Waals surface area contributed by atoms with E-state index in [0.29, 0.717) is 31.0 Å². The van der Waals surface area contributed by atoms with E-state index in [0.717, 1.165) is 16.7 Å². The van der Waals surface area contributed by atoms with Gasteiger partial charge in [-0.2, -0.15) is 0 Å². The first-order valence-corrected chi connectivity index (χ1v) is 10.4. The van der Waals surface area contributed by atoms with Crippen LogP contribution in [0.2, 0.25) is 0 Å². The van der Waals surface area contributed by atoms with Gasteiger partial charge in [-0.1, -0.05) is 23.8 Å². The van der Waals surface area contributed by atoms with Gasteiger partial charge in [0.05, 0.1) is 37.0 Å². The maximum atomic E-state index is 13.4. The largest absolute Gasteiger partial charge is 0.377 e. The molecule has 1 fully saturated rings. The van der Waals surface area contributed by atoms with Gasteiger partial charge in [-0.3, -0.25) is 14.5 Å². The molecule has 2 amide bonds. The van der Waals surface area contributed by atoms with Gasteiger partial charge in [0.15, 0.2) is 0 Å². The lowest BCUT2D eigenvalue weighted by molar-refractivity contribution is -0.139. The number of aryl methyl sites for hydroxylation is 2. The van der Waals surface area contributed by atoms with Crippen LogP contribution in [0.1, 0.15) is 44.4 Å². The molecule has 0 aliphatic carbocycles. The lowest BCUT2D eigenvalue weighted by Gasteiger charge is -2.37. The molecule has 2 atom stereocenters. The van der Waals surface area contributed by atoms with Crippen LogP contribution < -0.4 is 0 Å². The number of rotatable bonds is 6. The van der Waals surface area contributed by atoms with E-state index < -0.39 is 0 Å². The van der Waals surface area contributed by atoms with E-state index in [2.05, 4.69) is 0 Å². The van der Waals surface area contributed by atoms with Crippen molar-refractivity contribution in [2.24, 2.45) is 0 Å². The molecule has 0 saturated carbocycles. The molecule has 0 aromatic heterocycles. The van der Waals surface area contributed by atoms with Crippen molar-refractivity contribution in [3.63, 3.8) is 0 Å². The first-order chi connectivity index (χ1) is 13.7. The number of carbonyl (C=O) groups is 2. The molecule has 0 N–H and O–H groups in total. The molecule has 0 radical (unpaired) electrons. The minimum atomic E-state index is -0.240. The summed E-state index contributed by atoms with van der Waals surface area (Å²) in [7, 11) is 0. The number of imide groups is 1. The summed E-state index contributed by atoms with van der Waals surface area (Å²) in [6.07, 6.45) is 0.0377. The zero-order valence-corrected chi connectivity index (χ0v) is 18.3. The zero-order chi connectivity index (χ0) is 21.3. The molecule has 1 aromatic carbocycles. The molecule has 0 spiro atoms. The maximum absolute atomic E-state index is 13.4. The maximum Gasteiger partial charge on any atom is 0.277 e. The molecule has 6 nitrogen and oxygen atoms in total. The smallest absolute Gasteiger partial charge is 0.277 e. The van der Waals surface area contributed by atoms with Gasteiger partial charge in [-0.15, -0.1) is 0 Å². The van der Waals surface area contributed by atoms with E-state index in [9.17, 15) is 9.59 Å². The Morgan fingerprint density at radius 2 is 1.76 bits per heavy atom. The normalized spacial score (nSPS) is 23.0. The van der Waals surface area contributed by atoms with E-state index >= 15 is 0 Å². The first kappa shape index (κ1) is 21.5. The van der Waals surface area contributed by atoms with Crippen molar-refractivity contribution in [1.82, 2.24) is 9.80 Å². The number of ether oxygens (including phenoxy) is 2. The van der Waals surface area contributed by atoms with Crippen LogP contribution in [0.5, 0.6) is 0 Å². The number of amides is 2. The van der Waals surface area contributed by atoms with Crippen LogP contribution in [0.15, 0.2) is 23.9 Å².